The van der Waals surface area contributed by atoms with Crippen LogP contribution in [0.5, 0.6) is 0 Å². The van der Waals surface area contributed by atoms with Gasteiger partial charge in [0.2, 0.25) is 0 Å². The fourth-order valence-corrected chi connectivity index (χ4v) is 3.73. The minimum atomic E-state index is -0.839. The Bertz CT molecular complexity index is 777. The summed E-state index contributed by atoms with van der Waals surface area (Å²) in [7, 11) is 0. The highest BCUT2D eigenvalue weighted by Crippen LogP contribution is 2.32. The molecule has 0 unspecified atom stereocenters. The zero-order chi connectivity index (χ0) is 14.8. The molecule has 2 heterocycles. The fourth-order valence-electron chi connectivity index (χ4n) is 1.87. The first-order valence-corrected chi connectivity index (χ1v) is 7.84. The summed E-state index contributed by atoms with van der Waals surface area (Å²) < 4.78 is 12.9. The van der Waals surface area contributed by atoms with Gasteiger partial charge in [0.05, 0.1) is 17.0 Å². The van der Waals surface area contributed by atoms with Crippen molar-refractivity contribution in [3.05, 3.63) is 52.5 Å². The Balaban J connectivity index is 1.86. The summed E-state index contributed by atoms with van der Waals surface area (Å²) in [5.41, 5.74) is 1.69. The van der Waals surface area contributed by atoms with E-state index in [2.05, 4.69) is 4.98 Å². The predicted molar refractivity (Wildman–Crippen MR) is 82.2 cm³/mol. The van der Waals surface area contributed by atoms with E-state index in [1.165, 1.54) is 34.8 Å². The number of carboxylic acid groups (broad SMARTS) is 1. The zero-order valence-electron chi connectivity index (χ0n) is 10.7. The molecule has 0 atom stereocenters. The van der Waals surface area contributed by atoms with E-state index in [9.17, 15) is 9.18 Å². The van der Waals surface area contributed by atoms with Crippen LogP contribution in [0.15, 0.2) is 41.8 Å². The average Bonchev–Trinajstić information content (AvgIpc) is 3.07. The van der Waals surface area contributed by atoms with Crippen LogP contribution in [0.25, 0.3) is 21.1 Å². The molecule has 1 aromatic carbocycles. The number of thiazole rings is 1. The molecule has 0 aliphatic rings. The van der Waals surface area contributed by atoms with Crippen molar-refractivity contribution >= 4 is 28.6 Å². The number of aliphatic carboxylic acids is 1. The Labute approximate surface area is 128 Å². The molecule has 0 saturated heterocycles. The first-order chi connectivity index (χ1) is 10.1. The van der Waals surface area contributed by atoms with Crippen LogP contribution in [0.2, 0.25) is 0 Å². The Hall–Kier alpha value is -2.05. The molecule has 0 spiro atoms. The van der Waals surface area contributed by atoms with Crippen molar-refractivity contribution in [3.63, 3.8) is 0 Å². The van der Waals surface area contributed by atoms with Gasteiger partial charge in [-0.15, -0.1) is 22.7 Å². The molecule has 3 nitrogen and oxygen atoms in total. The number of halogens is 1. The van der Waals surface area contributed by atoms with E-state index >= 15 is 0 Å². The molecule has 3 rings (SSSR count). The SMILES string of the molecule is O=C(O)Cc1ccc(-c2csc(-c3ccc(F)cc3)n2)s1. The first-order valence-electron chi connectivity index (χ1n) is 6.14. The Morgan fingerprint density at radius 3 is 2.67 bits per heavy atom. The molecule has 0 bridgehead atoms. The van der Waals surface area contributed by atoms with Crippen molar-refractivity contribution in [2.75, 3.05) is 0 Å². The lowest BCUT2D eigenvalue weighted by atomic mass is 10.2. The summed E-state index contributed by atoms with van der Waals surface area (Å²) in [6.45, 7) is 0. The van der Waals surface area contributed by atoms with Gasteiger partial charge in [-0.25, -0.2) is 9.37 Å². The van der Waals surface area contributed by atoms with E-state index in [0.717, 1.165) is 26.0 Å². The van der Waals surface area contributed by atoms with Gasteiger partial charge in [0.25, 0.3) is 0 Å². The van der Waals surface area contributed by atoms with Gasteiger partial charge in [-0.2, -0.15) is 0 Å². The average molecular weight is 319 g/mol. The third-order valence-electron chi connectivity index (χ3n) is 2.83. The van der Waals surface area contributed by atoms with Crippen LogP contribution in [0.3, 0.4) is 0 Å². The number of carbonyl (C=O) groups is 1. The molecule has 0 saturated carbocycles. The van der Waals surface area contributed by atoms with Crippen LogP contribution in [-0.2, 0) is 11.2 Å². The zero-order valence-corrected chi connectivity index (χ0v) is 12.4. The number of benzene rings is 1. The second-order valence-corrected chi connectivity index (χ2v) is 6.41. The van der Waals surface area contributed by atoms with Crippen LogP contribution in [-0.4, -0.2) is 16.1 Å². The van der Waals surface area contributed by atoms with Crippen LogP contribution in [0.4, 0.5) is 4.39 Å². The van der Waals surface area contributed by atoms with Gasteiger partial charge in [-0.05, 0) is 36.4 Å². The smallest absolute Gasteiger partial charge is 0.308 e. The topological polar surface area (TPSA) is 50.2 Å². The van der Waals surface area contributed by atoms with E-state index in [4.69, 9.17) is 5.11 Å². The van der Waals surface area contributed by atoms with Gasteiger partial charge in [0.15, 0.2) is 0 Å². The maximum atomic E-state index is 12.9. The highest BCUT2D eigenvalue weighted by Gasteiger charge is 2.10. The standard InChI is InChI=1S/C15H10FNO2S2/c16-10-3-1-9(2-4-10)15-17-12(8-20-15)13-6-5-11(21-13)7-14(18)19/h1-6,8H,7H2,(H,18,19). The molecule has 0 amide bonds. The van der Waals surface area contributed by atoms with Crippen LogP contribution < -0.4 is 0 Å². The lowest BCUT2D eigenvalue weighted by molar-refractivity contribution is -0.136. The lowest BCUT2D eigenvalue weighted by Crippen LogP contribution is -1.96. The number of rotatable bonds is 4. The van der Waals surface area contributed by atoms with Crippen LogP contribution in [0.1, 0.15) is 4.88 Å². The number of hydrogen-bond acceptors (Lipinski definition) is 4. The van der Waals surface area contributed by atoms with Gasteiger partial charge >= 0.3 is 5.97 Å². The van der Waals surface area contributed by atoms with Gasteiger partial charge in [-0.1, -0.05) is 0 Å². The second-order valence-electron chi connectivity index (χ2n) is 4.38. The van der Waals surface area contributed by atoms with E-state index in [-0.39, 0.29) is 12.2 Å². The minimum absolute atomic E-state index is 0.0274. The van der Waals surface area contributed by atoms with Crippen molar-refractivity contribution < 1.29 is 14.3 Å². The molecular weight excluding hydrogens is 309 g/mol. The van der Waals surface area contributed by atoms with Crippen molar-refractivity contribution in [2.24, 2.45) is 0 Å². The summed E-state index contributed by atoms with van der Waals surface area (Å²) in [4.78, 5) is 17.0. The summed E-state index contributed by atoms with van der Waals surface area (Å²) in [5.74, 6) is -1.11. The molecule has 0 aliphatic carbocycles. The van der Waals surface area contributed by atoms with E-state index in [1.54, 1.807) is 12.1 Å². The largest absolute Gasteiger partial charge is 0.481 e. The Morgan fingerprint density at radius 1 is 1.19 bits per heavy atom. The number of thiophene rings is 1. The molecule has 0 radical (unpaired) electrons. The molecule has 1 N–H and O–H groups in total. The van der Waals surface area contributed by atoms with Gasteiger partial charge in [0.1, 0.15) is 10.8 Å². The van der Waals surface area contributed by atoms with E-state index in [0.29, 0.717) is 0 Å². The van der Waals surface area contributed by atoms with Crippen molar-refractivity contribution in [1.29, 1.82) is 0 Å². The predicted octanol–water partition coefficient (Wildman–Crippen LogP) is 4.30. The minimum Gasteiger partial charge on any atom is -0.481 e. The monoisotopic (exact) mass is 319 g/mol. The van der Waals surface area contributed by atoms with Crippen molar-refractivity contribution in [2.45, 2.75) is 6.42 Å². The molecule has 0 aliphatic heterocycles. The molecule has 2 aromatic heterocycles. The third kappa shape index (κ3) is 3.17. The maximum Gasteiger partial charge on any atom is 0.308 e. The molecular formula is C15H10FNO2S2. The van der Waals surface area contributed by atoms with E-state index < -0.39 is 5.97 Å². The Kier molecular flexibility index (Phi) is 3.81. The van der Waals surface area contributed by atoms with Crippen LogP contribution >= 0.6 is 22.7 Å². The van der Waals surface area contributed by atoms with Gasteiger partial charge in [-0.3, -0.25) is 4.79 Å². The van der Waals surface area contributed by atoms with Gasteiger partial charge < -0.3 is 5.11 Å². The normalized spacial score (nSPS) is 10.7. The highest BCUT2D eigenvalue weighted by atomic mass is 32.1. The summed E-state index contributed by atoms with van der Waals surface area (Å²) in [5, 5.41) is 11.5. The van der Waals surface area contributed by atoms with Gasteiger partial charge in [0, 0.05) is 15.8 Å². The fraction of sp³-hybridized carbons (Fsp3) is 0.0667. The summed E-state index contributed by atoms with van der Waals surface area (Å²) in [6, 6.07) is 9.90. The number of nitrogens with zero attached hydrogens (tertiary/aromatic N) is 1. The summed E-state index contributed by atoms with van der Waals surface area (Å²) >= 11 is 2.91. The molecule has 21 heavy (non-hydrogen) atoms. The van der Waals surface area contributed by atoms with Crippen LogP contribution in [0, 0.1) is 5.82 Å². The highest BCUT2D eigenvalue weighted by molar-refractivity contribution is 7.16. The van der Waals surface area contributed by atoms with Crippen molar-refractivity contribution in [3.8, 4) is 21.1 Å². The first kappa shape index (κ1) is 13.9. The molecule has 6 heteroatoms. The Morgan fingerprint density at radius 2 is 1.95 bits per heavy atom. The third-order valence-corrected chi connectivity index (χ3v) is 4.83. The number of hydrogen-bond donors (Lipinski definition) is 1. The molecule has 0 fully saturated rings. The van der Waals surface area contributed by atoms with Crippen molar-refractivity contribution in [1.82, 2.24) is 4.98 Å². The number of aromatic nitrogens is 1. The second kappa shape index (κ2) is 5.75. The maximum absolute atomic E-state index is 12.9. The van der Waals surface area contributed by atoms with E-state index in [1.807, 2.05) is 17.5 Å². The summed E-state index contributed by atoms with van der Waals surface area (Å²) in [6.07, 6.45) is 0.0274. The quantitative estimate of drug-likeness (QED) is 0.780. The molecule has 106 valence electrons. The molecule has 3 aromatic rings. The lowest BCUT2D eigenvalue weighted by Gasteiger charge is -1.95. The number of carboxylic acids is 1.